The number of rotatable bonds is 6. The van der Waals surface area contributed by atoms with Gasteiger partial charge in [0.05, 0.1) is 19.4 Å². The van der Waals surface area contributed by atoms with Crippen LogP contribution in [0.15, 0.2) is 18.2 Å². The summed E-state index contributed by atoms with van der Waals surface area (Å²) < 4.78 is 10.7. The zero-order chi connectivity index (χ0) is 11.1. The number of benzene rings is 1. The highest BCUT2D eigenvalue weighted by atomic mass is 32.2. The Morgan fingerprint density at radius 1 is 1.40 bits per heavy atom. The van der Waals surface area contributed by atoms with E-state index in [1.54, 1.807) is 13.2 Å². The van der Waals surface area contributed by atoms with Crippen molar-refractivity contribution in [2.45, 2.75) is 6.42 Å². The second-order valence-electron chi connectivity index (χ2n) is 3.10. The molecule has 0 bridgehead atoms. The third-order valence-corrected chi connectivity index (χ3v) is 2.66. The molecular weight excluding hydrogens is 210 g/mol. The Labute approximate surface area is 94.9 Å². The van der Waals surface area contributed by atoms with Gasteiger partial charge in [-0.15, -0.1) is 0 Å². The molecule has 0 aliphatic rings. The summed E-state index contributed by atoms with van der Waals surface area (Å²) >= 11 is 1.82. The van der Waals surface area contributed by atoms with Crippen molar-refractivity contribution >= 4 is 17.4 Å². The van der Waals surface area contributed by atoms with Crippen LogP contribution in [0.3, 0.4) is 0 Å². The molecule has 0 aliphatic carbocycles. The van der Waals surface area contributed by atoms with Crippen LogP contribution in [0.4, 0.5) is 5.69 Å². The van der Waals surface area contributed by atoms with Crippen LogP contribution >= 0.6 is 11.8 Å². The summed E-state index contributed by atoms with van der Waals surface area (Å²) in [5, 5.41) is 0. The van der Waals surface area contributed by atoms with Gasteiger partial charge in [0.15, 0.2) is 0 Å². The Kier molecular flexibility index (Phi) is 5.18. The summed E-state index contributed by atoms with van der Waals surface area (Å²) in [4.78, 5) is 0. The van der Waals surface area contributed by atoms with Gasteiger partial charge in [0, 0.05) is 6.07 Å². The monoisotopic (exact) mass is 227 g/mol. The number of nitrogen functional groups attached to an aromatic ring is 1. The number of ether oxygens (including phenoxy) is 2. The van der Waals surface area contributed by atoms with Gasteiger partial charge < -0.3 is 15.2 Å². The third-order valence-electron chi connectivity index (χ3n) is 1.97. The zero-order valence-corrected chi connectivity index (χ0v) is 9.97. The second-order valence-corrected chi connectivity index (χ2v) is 4.08. The zero-order valence-electron chi connectivity index (χ0n) is 9.16. The van der Waals surface area contributed by atoms with Gasteiger partial charge in [0.2, 0.25) is 0 Å². The van der Waals surface area contributed by atoms with E-state index in [-0.39, 0.29) is 0 Å². The number of nitrogens with two attached hydrogens (primary N) is 1. The fraction of sp³-hybridized carbons (Fsp3) is 0.455. The summed E-state index contributed by atoms with van der Waals surface area (Å²) in [5.74, 6) is 2.59. The molecule has 84 valence electrons. The van der Waals surface area contributed by atoms with Crippen LogP contribution in [0, 0.1) is 0 Å². The van der Waals surface area contributed by atoms with Crippen LogP contribution in [0.25, 0.3) is 0 Å². The van der Waals surface area contributed by atoms with Crippen molar-refractivity contribution in [3.63, 3.8) is 0 Å². The minimum Gasteiger partial charge on any atom is -0.494 e. The van der Waals surface area contributed by atoms with E-state index in [0.29, 0.717) is 11.4 Å². The first-order valence-corrected chi connectivity index (χ1v) is 6.22. The molecule has 1 rings (SSSR count). The lowest BCUT2D eigenvalue weighted by Crippen LogP contribution is -1.99. The third kappa shape index (κ3) is 3.91. The summed E-state index contributed by atoms with van der Waals surface area (Å²) in [6.07, 6.45) is 3.14. The van der Waals surface area contributed by atoms with Crippen molar-refractivity contribution in [3.05, 3.63) is 18.2 Å². The minimum absolute atomic E-state index is 0.633. The van der Waals surface area contributed by atoms with Crippen molar-refractivity contribution in [1.82, 2.24) is 0 Å². The average molecular weight is 227 g/mol. The molecule has 0 radical (unpaired) electrons. The van der Waals surface area contributed by atoms with Crippen LogP contribution in [-0.2, 0) is 0 Å². The number of anilines is 1. The number of methoxy groups -OCH3 is 1. The van der Waals surface area contributed by atoms with Gasteiger partial charge in [-0.05, 0) is 30.6 Å². The SMILES string of the molecule is COc1cc(OCCCSC)ccc1N. The quantitative estimate of drug-likeness (QED) is 0.598. The summed E-state index contributed by atoms with van der Waals surface area (Å²) in [7, 11) is 1.60. The largest absolute Gasteiger partial charge is 0.494 e. The van der Waals surface area contributed by atoms with Crippen molar-refractivity contribution in [3.8, 4) is 11.5 Å². The standard InChI is InChI=1S/C11H17NO2S/c1-13-11-8-9(4-5-10(11)12)14-6-3-7-15-2/h4-5,8H,3,6-7,12H2,1-2H3. The van der Waals surface area contributed by atoms with Crippen LogP contribution in [0.5, 0.6) is 11.5 Å². The topological polar surface area (TPSA) is 44.5 Å². The molecule has 2 N–H and O–H groups in total. The minimum atomic E-state index is 0.633. The van der Waals surface area contributed by atoms with Gasteiger partial charge in [-0.1, -0.05) is 0 Å². The van der Waals surface area contributed by atoms with E-state index in [1.807, 2.05) is 23.9 Å². The van der Waals surface area contributed by atoms with Crippen molar-refractivity contribution in [1.29, 1.82) is 0 Å². The molecule has 0 saturated carbocycles. The predicted molar refractivity (Wildman–Crippen MR) is 65.9 cm³/mol. The lowest BCUT2D eigenvalue weighted by molar-refractivity contribution is 0.316. The Morgan fingerprint density at radius 2 is 2.20 bits per heavy atom. The Balaban J connectivity index is 2.47. The first-order valence-electron chi connectivity index (χ1n) is 4.83. The highest BCUT2D eigenvalue weighted by Gasteiger charge is 2.01. The predicted octanol–water partition coefficient (Wildman–Crippen LogP) is 2.41. The van der Waals surface area contributed by atoms with Gasteiger partial charge in [-0.2, -0.15) is 11.8 Å². The van der Waals surface area contributed by atoms with Gasteiger partial charge in [-0.3, -0.25) is 0 Å². The smallest absolute Gasteiger partial charge is 0.145 e. The Hall–Kier alpha value is -1.03. The highest BCUT2D eigenvalue weighted by molar-refractivity contribution is 7.98. The summed E-state index contributed by atoms with van der Waals surface area (Å²) in [5.41, 5.74) is 6.33. The van der Waals surface area contributed by atoms with E-state index in [2.05, 4.69) is 6.26 Å². The molecule has 4 heteroatoms. The van der Waals surface area contributed by atoms with E-state index in [4.69, 9.17) is 15.2 Å². The molecule has 1 aromatic rings. The van der Waals surface area contributed by atoms with Crippen LogP contribution in [-0.4, -0.2) is 25.7 Å². The lowest BCUT2D eigenvalue weighted by atomic mass is 10.3. The van der Waals surface area contributed by atoms with Crippen molar-refractivity contribution in [2.24, 2.45) is 0 Å². The molecule has 1 aromatic carbocycles. The fourth-order valence-corrected chi connectivity index (χ4v) is 1.58. The maximum atomic E-state index is 5.69. The molecule has 0 fully saturated rings. The molecule has 3 nitrogen and oxygen atoms in total. The number of hydrogen-bond acceptors (Lipinski definition) is 4. The van der Waals surface area contributed by atoms with Gasteiger partial charge in [0.1, 0.15) is 11.5 Å². The highest BCUT2D eigenvalue weighted by Crippen LogP contribution is 2.26. The maximum Gasteiger partial charge on any atom is 0.145 e. The van der Waals surface area contributed by atoms with Crippen LogP contribution in [0.2, 0.25) is 0 Å². The average Bonchev–Trinajstić information content (AvgIpc) is 2.26. The maximum absolute atomic E-state index is 5.69. The summed E-state index contributed by atoms with van der Waals surface area (Å²) in [6.45, 7) is 0.730. The van der Waals surface area contributed by atoms with E-state index in [0.717, 1.165) is 24.5 Å². The normalized spacial score (nSPS) is 10.0. The van der Waals surface area contributed by atoms with Crippen molar-refractivity contribution < 1.29 is 9.47 Å². The molecule has 0 saturated heterocycles. The summed E-state index contributed by atoms with van der Waals surface area (Å²) in [6, 6.07) is 5.47. The van der Waals surface area contributed by atoms with Gasteiger partial charge >= 0.3 is 0 Å². The molecule has 0 unspecified atom stereocenters. The molecular formula is C11H17NO2S. The first-order chi connectivity index (χ1) is 7.27. The molecule has 15 heavy (non-hydrogen) atoms. The second kappa shape index (κ2) is 6.45. The molecule has 0 spiro atoms. The van der Waals surface area contributed by atoms with Gasteiger partial charge in [-0.25, -0.2) is 0 Å². The Morgan fingerprint density at radius 3 is 2.87 bits per heavy atom. The van der Waals surface area contributed by atoms with Crippen LogP contribution in [0.1, 0.15) is 6.42 Å². The number of thioether (sulfide) groups is 1. The van der Waals surface area contributed by atoms with E-state index >= 15 is 0 Å². The first kappa shape index (κ1) is 12.0. The van der Waals surface area contributed by atoms with E-state index in [1.165, 1.54) is 0 Å². The lowest BCUT2D eigenvalue weighted by Gasteiger charge is -2.09. The molecule has 0 heterocycles. The van der Waals surface area contributed by atoms with Crippen LogP contribution < -0.4 is 15.2 Å². The molecule has 0 amide bonds. The van der Waals surface area contributed by atoms with Gasteiger partial charge in [0.25, 0.3) is 0 Å². The van der Waals surface area contributed by atoms with E-state index < -0.39 is 0 Å². The van der Waals surface area contributed by atoms with Crippen molar-refractivity contribution in [2.75, 3.05) is 31.5 Å². The molecule has 0 aliphatic heterocycles. The molecule has 0 atom stereocenters. The number of hydrogen-bond donors (Lipinski definition) is 1. The van der Waals surface area contributed by atoms with E-state index in [9.17, 15) is 0 Å². The fourth-order valence-electron chi connectivity index (χ4n) is 1.17. The molecule has 0 aromatic heterocycles. The Bertz CT molecular complexity index is 305.